The number of hydrogen-bond acceptors (Lipinski definition) is 4. The number of hydrogen-bond donors (Lipinski definition) is 2. The molecule has 0 aliphatic heterocycles. The van der Waals surface area contributed by atoms with E-state index in [9.17, 15) is 13.2 Å². The van der Waals surface area contributed by atoms with Crippen LogP contribution in [0.3, 0.4) is 0 Å². The summed E-state index contributed by atoms with van der Waals surface area (Å²) in [5, 5.41) is 8.95. The zero-order chi connectivity index (χ0) is 18.7. The van der Waals surface area contributed by atoms with Crippen molar-refractivity contribution in [3.05, 3.63) is 83.9 Å². The molecule has 3 rings (SSSR count). The highest BCUT2D eigenvalue weighted by Crippen LogP contribution is 2.23. The summed E-state index contributed by atoms with van der Waals surface area (Å²) in [4.78, 5) is 15.2. The van der Waals surface area contributed by atoms with E-state index in [1.54, 1.807) is 24.0 Å². The van der Waals surface area contributed by atoms with E-state index >= 15 is 0 Å². The molecule has 1 aromatic heterocycles. The van der Waals surface area contributed by atoms with E-state index in [1.165, 1.54) is 24.3 Å². The van der Waals surface area contributed by atoms with E-state index in [-0.39, 0.29) is 10.5 Å². The number of imidazole rings is 1. The first-order valence-corrected chi connectivity index (χ1v) is 9.24. The fourth-order valence-electron chi connectivity index (χ4n) is 2.57. The first-order chi connectivity index (χ1) is 12.4. The molecule has 26 heavy (non-hydrogen) atoms. The molecule has 0 aliphatic rings. The van der Waals surface area contributed by atoms with E-state index in [0.29, 0.717) is 5.82 Å². The predicted molar refractivity (Wildman–Crippen MR) is 95.2 cm³/mol. The van der Waals surface area contributed by atoms with Crippen molar-refractivity contribution in [1.82, 2.24) is 14.3 Å². The molecule has 0 spiro atoms. The van der Waals surface area contributed by atoms with Crippen molar-refractivity contribution in [2.45, 2.75) is 10.9 Å². The molecule has 3 aromatic rings. The summed E-state index contributed by atoms with van der Waals surface area (Å²) in [6, 6.07) is 13.5. The van der Waals surface area contributed by atoms with Crippen molar-refractivity contribution in [1.29, 1.82) is 0 Å². The molecule has 134 valence electrons. The van der Waals surface area contributed by atoms with E-state index in [2.05, 4.69) is 9.71 Å². The van der Waals surface area contributed by atoms with Crippen molar-refractivity contribution in [2.75, 3.05) is 0 Å². The molecule has 0 bridgehead atoms. The van der Waals surface area contributed by atoms with Gasteiger partial charge in [0.05, 0.1) is 10.5 Å². The Kier molecular flexibility index (Phi) is 4.88. The van der Waals surface area contributed by atoms with Crippen LogP contribution in [-0.2, 0) is 17.1 Å². The predicted octanol–water partition coefficient (Wildman–Crippen LogP) is 2.19. The topological polar surface area (TPSA) is 101 Å². The van der Waals surface area contributed by atoms with E-state index in [1.807, 2.05) is 30.3 Å². The Hall–Kier alpha value is -2.97. The van der Waals surface area contributed by atoms with Gasteiger partial charge in [0.25, 0.3) is 0 Å². The van der Waals surface area contributed by atoms with E-state index in [0.717, 1.165) is 5.56 Å². The zero-order valence-electron chi connectivity index (χ0n) is 13.9. The summed E-state index contributed by atoms with van der Waals surface area (Å²) in [6.07, 6.45) is 3.34. The maximum Gasteiger partial charge on any atom is 0.335 e. The SMILES string of the molecule is Cn1ccnc1[C@H](NS(=O)(=O)c1ccc(C(=O)O)cc1)c1ccccc1. The lowest BCUT2D eigenvalue weighted by atomic mass is 10.1. The van der Waals surface area contributed by atoms with Crippen LogP contribution in [-0.4, -0.2) is 29.0 Å². The lowest BCUT2D eigenvalue weighted by molar-refractivity contribution is 0.0696. The van der Waals surface area contributed by atoms with Crippen LogP contribution >= 0.6 is 0 Å². The van der Waals surface area contributed by atoms with Gasteiger partial charge in [-0.2, -0.15) is 4.72 Å². The number of aromatic nitrogens is 2. The first kappa shape index (κ1) is 17.8. The van der Waals surface area contributed by atoms with Crippen LogP contribution in [0.1, 0.15) is 27.8 Å². The van der Waals surface area contributed by atoms with Gasteiger partial charge < -0.3 is 9.67 Å². The number of nitrogens with one attached hydrogen (secondary N) is 1. The normalized spacial score (nSPS) is 12.7. The summed E-state index contributed by atoms with van der Waals surface area (Å²) >= 11 is 0. The second-order valence-electron chi connectivity index (χ2n) is 5.69. The molecule has 8 heteroatoms. The van der Waals surface area contributed by atoms with Crippen LogP contribution in [0, 0.1) is 0 Å². The Bertz CT molecular complexity index is 1010. The van der Waals surface area contributed by atoms with Crippen LogP contribution in [0.4, 0.5) is 0 Å². The number of carbonyl (C=O) groups is 1. The van der Waals surface area contributed by atoms with Crippen molar-refractivity contribution < 1.29 is 18.3 Å². The van der Waals surface area contributed by atoms with Crippen molar-refractivity contribution >= 4 is 16.0 Å². The molecular formula is C18H17N3O4S. The fraction of sp³-hybridized carbons (Fsp3) is 0.111. The van der Waals surface area contributed by atoms with Gasteiger partial charge in [-0.25, -0.2) is 18.2 Å². The summed E-state index contributed by atoms with van der Waals surface area (Å²) < 4.78 is 30.0. The average molecular weight is 371 g/mol. The molecule has 1 atom stereocenters. The Morgan fingerprint density at radius 3 is 2.31 bits per heavy atom. The van der Waals surface area contributed by atoms with Gasteiger partial charge in [0.2, 0.25) is 10.0 Å². The number of sulfonamides is 1. The van der Waals surface area contributed by atoms with Gasteiger partial charge in [-0.3, -0.25) is 0 Å². The third kappa shape index (κ3) is 3.66. The minimum absolute atomic E-state index is 0.0161. The monoisotopic (exact) mass is 371 g/mol. The molecular weight excluding hydrogens is 354 g/mol. The molecule has 2 aromatic carbocycles. The third-order valence-electron chi connectivity index (χ3n) is 3.93. The number of rotatable bonds is 6. The molecule has 0 aliphatic carbocycles. The number of aryl methyl sites for hydroxylation is 1. The summed E-state index contributed by atoms with van der Waals surface area (Å²) in [5.74, 6) is -0.570. The second kappa shape index (κ2) is 7.11. The largest absolute Gasteiger partial charge is 0.478 e. The number of nitrogens with zero attached hydrogens (tertiary/aromatic N) is 2. The second-order valence-corrected chi connectivity index (χ2v) is 7.40. The van der Waals surface area contributed by atoms with Gasteiger partial charge in [-0.1, -0.05) is 30.3 Å². The molecule has 0 saturated carbocycles. The van der Waals surface area contributed by atoms with Crippen LogP contribution in [0.5, 0.6) is 0 Å². The zero-order valence-corrected chi connectivity index (χ0v) is 14.7. The van der Waals surface area contributed by atoms with Gasteiger partial charge in [0.15, 0.2) is 0 Å². The minimum Gasteiger partial charge on any atom is -0.478 e. The first-order valence-electron chi connectivity index (χ1n) is 7.76. The van der Waals surface area contributed by atoms with Crippen molar-refractivity contribution in [3.63, 3.8) is 0 Å². The molecule has 7 nitrogen and oxygen atoms in total. The molecule has 1 heterocycles. The highest BCUT2D eigenvalue weighted by atomic mass is 32.2. The maximum atomic E-state index is 12.8. The lowest BCUT2D eigenvalue weighted by Crippen LogP contribution is -2.31. The molecule has 0 fully saturated rings. The smallest absolute Gasteiger partial charge is 0.335 e. The highest BCUT2D eigenvalue weighted by Gasteiger charge is 2.25. The van der Waals surface area contributed by atoms with Gasteiger partial charge >= 0.3 is 5.97 Å². The van der Waals surface area contributed by atoms with E-state index < -0.39 is 22.0 Å². The molecule has 0 unspecified atom stereocenters. The van der Waals surface area contributed by atoms with Gasteiger partial charge in [-0.15, -0.1) is 0 Å². The van der Waals surface area contributed by atoms with Crippen molar-refractivity contribution in [3.8, 4) is 0 Å². The number of aromatic carboxylic acids is 1. The summed E-state index contributed by atoms with van der Waals surface area (Å²) in [6.45, 7) is 0. The number of benzene rings is 2. The van der Waals surface area contributed by atoms with Gasteiger partial charge in [-0.05, 0) is 29.8 Å². The van der Waals surface area contributed by atoms with E-state index in [4.69, 9.17) is 5.11 Å². The molecule has 0 saturated heterocycles. The van der Waals surface area contributed by atoms with Gasteiger partial charge in [0, 0.05) is 19.4 Å². The van der Waals surface area contributed by atoms with Crippen LogP contribution in [0.2, 0.25) is 0 Å². The minimum atomic E-state index is -3.89. The maximum absolute atomic E-state index is 12.8. The average Bonchev–Trinajstić information content (AvgIpc) is 3.06. The molecule has 0 amide bonds. The lowest BCUT2D eigenvalue weighted by Gasteiger charge is -2.19. The fourth-order valence-corrected chi connectivity index (χ4v) is 3.75. The quantitative estimate of drug-likeness (QED) is 0.692. The number of carboxylic acid groups (broad SMARTS) is 1. The highest BCUT2D eigenvalue weighted by molar-refractivity contribution is 7.89. The molecule has 2 N–H and O–H groups in total. The van der Waals surface area contributed by atoms with Crippen LogP contribution in [0.25, 0.3) is 0 Å². The Labute approximate surface area is 151 Å². The Balaban J connectivity index is 1.98. The van der Waals surface area contributed by atoms with Crippen LogP contribution in [0.15, 0.2) is 71.9 Å². The standard InChI is InChI=1S/C18H17N3O4S/c1-21-12-11-19-17(21)16(13-5-3-2-4-6-13)20-26(24,25)15-9-7-14(8-10-15)18(22)23/h2-12,16,20H,1H3,(H,22,23)/t16-/m1/s1. The van der Waals surface area contributed by atoms with Crippen LogP contribution < -0.4 is 4.72 Å². The Morgan fingerprint density at radius 2 is 1.77 bits per heavy atom. The van der Waals surface area contributed by atoms with Gasteiger partial charge in [0.1, 0.15) is 11.9 Å². The summed E-state index contributed by atoms with van der Waals surface area (Å²) in [7, 11) is -2.10. The molecule has 0 radical (unpaired) electrons. The number of carboxylic acids is 1. The summed E-state index contributed by atoms with van der Waals surface area (Å²) in [5.41, 5.74) is 0.764. The Morgan fingerprint density at radius 1 is 1.12 bits per heavy atom. The third-order valence-corrected chi connectivity index (χ3v) is 5.37. The van der Waals surface area contributed by atoms with Crippen molar-refractivity contribution in [2.24, 2.45) is 7.05 Å².